The molecule has 0 unspecified atom stereocenters. The number of rotatable bonds is 5. The van der Waals surface area contributed by atoms with E-state index < -0.39 is 28.5 Å². The zero-order valence-corrected chi connectivity index (χ0v) is 17.8. The first kappa shape index (κ1) is 21.1. The van der Waals surface area contributed by atoms with E-state index in [1.807, 2.05) is 6.07 Å². The van der Waals surface area contributed by atoms with Crippen molar-refractivity contribution >= 4 is 38.5 Å². The summed E-state index contributed by atoms with van der Waals surface area (Å²) in [6, 6.07) is 9.68. The van der Waals surface area contributed by atoms with Crippen molar-refractivity contribution < 1.29 is 22.7 Å². The van der Waals surface area contributed by atoms with Crippen LogP contribution in [0, 0.1) is 6.92 Å². The molecule has 0 saturated carbocycles. The van der Waals surface area contributed by atoms with Gasteiger partial charge in [-0.05, 0) is 74.1 Å². The number of aromatic amines is 1. The highest BCUT2D eigenvalue weighted by Crippen LogP contribution is 2.29. The summed E-state index contributed by atoms with van der Waals surface area (Å²) in [4.78, 5) is 28.0. The SMILES string of the molecule is Cc1ccc(NC(=O)COC(=O)c2ccc3[nH]c4c(c3c2)CCCC4)cc1S(N)(=O)=O. The number of amides is 1. The molecule has 1 heterocycles. The van der Waals surface area contributed by atoms with Crippen LogP contribution in [0.4, 0.5) is 5.69 Å². The predicted molar refractivity (Wildman–Crippen MR) is 116 cm³/mol. The number of hydrogen-bond donors (Lipinski definition) is 3. The first-order valence-electron chi connectivity index (χ1n) is 9.96. The molecule has 0 fully saturated rings. The van der Waals surface area contributed by atoms with Crippen LogP contribution in [0.1, 0.15) is 40.0 Å². The third-order valence-electron chi connectivity index (χ3n) is 5.45. The number of hydrogen-bond acceptors (Lipinski definition) is 5. The van der Waals surface area contributed by atoms with Gasteiger partial charge >= 0.3 is 5.97 Å². The van der Waals surface area contributed by atoms with Crippen molar-refractivity contribution in [3.8, 4) is 0 Å². The van der Waals surface area contributed by atoms with E-state index in [-0.39, 0.29) is 10.6 Å². The number of nitrogens with two attached hydrogens (primary N) is 1. The van der Waals surface area contributed by atoms with Gasteiger partial charge in [-0.25, -0.2) is 18.4 Å². The average molecular weight is 442 g/mol. The number of ether oxygens (including phenoxy) is 1. The Balaban J connectivity index is 1.42. The first-order chi connectivity index (χ1) is 14.7. The molecule has 0 atom stereocenters. The topological polar surface area (TPSA) is 131 Å². The molecular weight excluding hydrogens is 418 g/mol. The standard InChI is InChI=1S/C22H23N3O5S/c1-13-6-8-15(11-20(13)31(23,28)29)24-21(26)12-30-22(27)14-7-9-19-17(10-14)16-4-2-3-5-18(16)25-19/h6-11,25H,2-5,12H2,1H3,(H,24,26)(H2,23,28,29). The van der Waals surface area contributed by atoms with Crippen LogP contribution in [-0.2, 0) is 32.4 Å². The van der Waals surface area contributed by atoms with Crippen LogP contribution in [0.5, 0.6) is 0 Å². The molecule has 1 aliphatic carbocycles. The maximum absolute atomic E-state index is 12.5. The summed E-state index contributed by atoms with van der Waals surface area (Å²) < 4.78 is 28.4. The van der Waals surface area contributed by atoms with Crippen LogP contribution in [0.2, 0.25) is 0 Å². The lowest BCUT2D eigenvalue weighted by molar-refractivity contribution is -0.119. The van der Waals surface area contributed by atoms with Gasteiger partial charge in [0.15, 0.2) is 6.61 Å². The highest BCUT2D eigenvalue weighted by molar-refractivity contribution is 7.89. The molecule has 4 rings (SSSR count). The lowest BCUT2D eigenvalue weighted by Gasteiger charge is -2.11. The van der Waals surface area contributed by atoms with Crippen molar-refractivity contribution in [1.82, 2.24) is 4.98 Å². The van der Waals surface area contributed by atoms with Gasteiger partial charge in [0.2, 0.25) is 10.0 Å². The van der Waals surface area contributed by atoms with Crippen LogP contribution in [0.25, 0.3) is 10.9 Å². The van der Waals surface area contributed by atoms with Gasteiger partial charge in [-0.15, -0.1) is 0 Å². The zero-order valence-electron chi connectivity index (χ0n) is 17.0. The predicted octanol–water partition coefficient (Wildman–Crippen LogP) is 2.80. The second-order valence-electron chi connectivity index (χ2n) is 7.70. The van der Waals surface area contributed by atoms with Gasteiger partial charge in [-0.1, -0.05) is 6.07 Å². The number of nitrogens with one attached hydrogen (secondary N) is 2. The molecule has 2 aromatic carbocycles. The van der Waals surface area contributed by atoms with Gasteiger partial charge in [-0.2, -0.15) is 0 Å². The summed E-state index contributed by atoms with van der Waals surface area (Å²) in [5, 5.41) is 8.71. The number of H-pyrrole nitrogens is 1. The van der Waals surface area contributed by atoms with Crippen LogP contribution in [0.3, 0.4) is 0 Å². The van der Waals surface area contributed by atoms with Crippen molar-refractivity contribution in [1.29, 1.82) is 0 Å². The lowest BCUT2D eigenvalue weighted by atomic mass is 9.95. The van der Waals surface area contributed by atoms with E-state index in [1.54, 1.807) is 25.1 Å². The summed E-state index contributed by atoms with van der Waals surface area (Å²) in [6.07, 6.45) is 4.27. The van der Waals surface area contributed by atoms with Crippen molar-refractivity contribution in [3.05, 3.63) is 58.8 Å². The Morgan fingerprint density at radius 3 is 2.68 bits per heavy atom. The molecule has 1 amide bonds. The first-order valence-corrected chi connectivity index (χ1v) is 11.5. The Labute approximate surface area is 179 Å². The van der Waals surface area contributed by atoms with E-state index in [9.17, 15) is 18.0 Å². The monoisotopic (exact) mass is 441 g/mol. The van der Waals surface area contributed by atoms with Gasteiger partial charge in [-0.3, -0.25) is 4.79 Å². The molecule has 8 nitrogen and oxygen atoms in total. The van der Waals surface area contributed by atoms with E-state index in [1.165, 1.54) is 23.4 Å². The number of primary sulfonamides is 1. The number of carbonyl (C=O) groups excluding carboxylic acids is 2. The summed E-state index contributed by atoms with van der Waals surface area (Å²) in [6.45, 7) is 1.10. The average Bonchev–Trinajstić information content (AvgIpc) is 3.10. The molecule has 31 heavy (non-hydrogen) atoms. The smallest absolute Gasteiger partial charge is 0.338 e. The van der Waals surface area contributed by atoms with Gasteiger partial charge in [0.1, 0.15) is 0 Å². The fourth-order valence-corrected chi connectivity index (χ4v) is 4.74. The molecule has 9 heteroatoms. The summed E-state index contributed by atoms with van der Waals surface area (Å²) >= 11 is 0. The van der Waals surface area contributed by atoms with Gasteiger partial charge in [0.05, 0.1) is 10.5 Å². The number of fused-ring (bicyclic) bond motifs is 3. The number of carbonyl (C=O) groups is 2. The van der Waals surface area contributed by atoms with Crippen LogP contribution in [0.15, 0.2) is 41.3 Å². The molecule has 1 aliphatic rings. The fourth-order valence-electron chi connectivity index (χ4n) is 3.93. The molecule has 0 aliphatic heterocycles. The zero-order chi connectivity index (χ0) is 22.2. The molecule has 4 N–H and O–H groups in total. The van der Waals surface area contributed by atoms with Crippen molar-refractivity contribution in [2.75, 3.05) is 11.9 Å². The Kier molecular flexibility index (Phi) is 5.55. The van der Waals surface area contributed by atoms with Crippen LogP contribution >= 0.6 is 0 Å². The number of aryl methyl sites for hydroxylation is 3. The van der Waals surface area contributed by atoms with E-state index in [0.29, 0.717) is 11.1 Å². The molecular formula is C22H23N3O5S. The maximum atomic E-state index is 12.5. The maximum Gasteiger partial charge on any atom is 0.338 e. The van der Waals surface area contributed by atoms with Crippen molar-refractivity contribution in [3.63, 3.8) is 0 Å². The highest BCUT2D eigenvalue weighted by Gasteiger charge is 2.18. The number of esters is 1. The van der Waals surface area contributed by atoms with Crippen LogP contribution in [-0.4, -0.2) is 31.9 Å². The number of sulfonamides is 1. The van der Waals surface area contributed by atoms with Crippen molar-refractivity contribution in [2.24, 2.45) is 5.14 Å². The molecule has 0 radical (unpaired) electrons. The Bertz CT molecular complexity index is 1290. The second-order valence-corrected chi connectivity index (χ2v) is 9.23. The van der Waals surface area contributed by atoms with Gasteiger partial charge in [0.25, 0.3) is 5.91 Å². The normalized spacial score (nSPS) is 13.6. The van der Waals surface area contributed by atoms with Crippen molar-refractivity contribution in [2.45, 2.75) is 37.5 Å². The second kappa shape index (κ2) is 8.16. The molecule has 3 aromatic rings. The minimum atomic E-state index is -3.91. The molecule has 0 spiro atoms. The summed E-state index contributed by atoms with van der Waals surface area (Å²) in [5.41, 5.74) is 4.55. The Hall–Kier alpha value is -3.17. The fraction of sp³-hybridized carbons (Fsp3) is 0.273. The van der Waals surface area contributed by atoms with E-state index in [0.717, 1.165) is 36.6 Å². The number of anilines is 1. The summed E-state index contributed by atoms with van der Waals surface area (Å²) in [5.74, 6) is -1.19. The lowest BCUT2D eigenvalue weighted by Crippen LogP contribution is -2.21. The quantitative estimate of drug-likeness (QED) is 0.524. The highest BCUT2D eigenvalue weighted by atomic mass is 32.2. The minimum Gasteiger partial charge on any atom is -0.452 e. The molecule has 1 aromatic heterocycles. The largest absolute Gasteiger partial charge is 0.452 e. The third-order valence-corrected chi connectivity index (χ3v) is 6.50. The third kappa shape index (κ3) is 4.47. The molecule has 0 bridgehead atoms. The molecule has 162 valence electrons. The van der Waals surface area contributed by atoms with Gasteiger partial charge < -0.3 is 15.0 Å². The Morgan fingerprint density at radius 1 is 1.13 bits per heavy atom. The van der Waals surface area contributed by atoms with E-state index >= 15 is 0 Å². The Morgan fingerprint density at radius 2 is 1.90 bits per heavy atom. The summed E-state index contributed by atoms with van der Waals surface area (Å²) in [7, 11) is -3.91. The number of benzene rings is 2. The number of aromatic nitrogens is 1. The molecule has 0 saturated heterocycles. The minimum absolute atomic E-state index is 0.0783. The van der Waals surface area contributed by atoms with Crippen LogP contribution < -0.4 is 10.5 Å². The van der Waals surface area contributed by atoms with Gasteiger partial charge in [0, 0.05) is 22.3 Å². The van der Waals surface area contributed by atoms with E-state index in [2.05, 4.69) is 10.3 Å². The van der Waals surface area contributed by atoms with E-state index in [4.69, 9.17) is 9.88 Å².